The third-order valence-electron chi connectivity index (χ3n) is 4.67. The van der Waals surface area contributed by atoms with Crippen molar-refractivity contribution in [3.05, 3.63) is 69.7 Å². The van der Waals surface area contributed by atoms with Crippen molar-refractivity contribution in [2.45, 2.75) is 19.5 Å². The minimum absolute atomic E-state index is 0.0481. The number of aromatic nitrogens is 2. The number of aryl methyl sites for hydroxylation is 1. The van der Waals surface area contributed by atoms with Crippen LogP contribution in [0.2, 0.25) is 5.02 Å². The van der Waals surface area contributed by atoms with Gasteiger partial charge in [-0.15, -0.1) is 0 Å². The van der Waals surface area contributed by atoms with E-state index in [0.717, 1.165) is 21.3 Å². The molecule has 4 rings (SSSR count). The zero-order valence-corrected chi connectivity index (χ0v) is 17.8. The molecule has 0 radical (unpaired) electrons. The summed E-state index contributed by atoms with van der Waals surface area (Å²) < 4.78 is 2.71. The molecule has 0 unspecified atom stereocenters. The summed E-state index contributed by atoms with van der Waals surface area (Å²) in [6.07, 6.45) is 0.308. The molecule has 0 atom stereocenters. The Kier molecular flexibility index (Phi) is 5.69. The van der Waals surface area contributed by atoms with Gasteiger partial charge in [0.05, 0.1) is 12.2 Å². The number of fused-ring (bicyclic) bond motifs is 1. The summed E-state index contributed by atoms with van der Waals surface area (Å²) in [5.41, 5.74) is 2.56. The molecule has 0 fully saturated rings. The maximum Gasteiger partial charge on any atom is 0.240 e. The van der Waals surface area contributed by atoms with Crippen molar-refractivity contribution < 1.29 is 9.59 Å². The average molecular weight is 474 g/mol. The lowest BCUT2D eigenvalue weighted by atomic mass is 10.1. The number of hydrogen-bond donors (Lipinski definition) is 1. The van der Waals surface area contributed by atoms with Crippen molar-refractivity contribution in [1.29, 1.82) is 0 Å². The molecule has 148 valence electrons. The lowest BCUT2D eigenvalue weighted by Crippen LogP contribution is -2.44. The zero-order valence-electron chi connectivity index (χ0n) is 15.4. The minimum atomic E-state index is -0.225. The van der Waals surface area contributed by atoms with Gasteiger partial charge in [0.2, 0.25) is 11.8 Å². The first-order valence-corrected chi connectivity index (χ1v) is 10.3. The van der Waals surface area contributed by atoms with Gasteiger partial charge in [0.15, 0.2) is 0 Å². The van der Waals surface area contributed by atoms with Crippen LogP contribution < -0.4 is 10.2 Å². The number of nitrogens with zero attached hydrogens (tertiary/aromatic N) is 3. The summed E-state index contributed by atoms with van der Waals surface area (Å²) in [6.45, 7) is 0.839. The van der Waals surface area contributed by atoms with Crippen LogP contribution in [-0.2, 0) is 22.7 Å². The monoisotopic (exact) mass is 472 g/mol. The number of nitrogens with one attached hydrogen (secondary N) is 1. The van der Waals surface area contributed by atoms with Crippen LogP contribution >= 0.6 is 27.5 Å². The summed E-state index contributed by atoms with van der Waals surface area (Å²) in [6, 6.07) is 16.9. The second-order valence-corrected chi connectivity index (χ2v) is 8.11. The predicted octanol–water partition coefficient (Wildman–Crippen LogP) is 4.02. The number of carbonyl (C=O) groups is 2. The van der Waals surface area contributed by atoms with Crippen molar-refractivity contribution >= 4 is 45.2 Å². The van der Waals surface area contributed by atoms with Gasteiger partial charge in [0.25, 0.3) is 0 Å². The van der Waals surface area contributed by atoms with Crippen LogP contribution in [0.4, 0.5) is 5.82 Å². The number of amides is 2. The average Bonchev–Trinajstić information content (AvgIpc) is 3.13. The Hall–Kier alpha value is -2.64. The van der Waals surface area contributed by atoms with Gasteiger partial charge in [-0.05, 0) is 29.8 Å². The van der Waals surface area contributed by atoms with E-state index in [1.54, 1.807) is 10.7 Å². The number of hydrogen-bond acceptors (Lipinski definition) is 3. The first-order chi connectivity index (χ1) is 14.0. The van der Waals surface area contributed by atoms with Crippen LogP contribution in [0.1, 0.15) is 12.0 Å². The highest BCUT2D eigenvalue weighted by atomic mass is 79.9. The van der Waals surface area contributed by atoms with Gasteiger partial charge in [-0.25, -0.2) is 4.68 Å². The molecular weight excluding hydrogens is 456 g/mol. The minimum Gasteiger partial charge on any atom is -0.350 e. The highest BCUT2D eigenvalue weighted by Crippen LogP contribution is 2.29. The Morgan fingerprint density at radius 3 is 2.79 bits per heavy atom. The Labute approximate surface area is 181 Å². The van der Waals surface area contributed by atoms with Crippen LogP contribution in [0.3, 0.4) is 0 Å². The lowest BCUT2D eigenvalue weighted by molar-refractivity contribution is -0.124. The van der Waals surface area contributed by atoms with Gasteiger partial charge in [0.1, 0.15) is 12.4 Å². The predicted molar refractivity (Wildman–Crippen MR) is 116 cm³/mol. The molecule has 3 aromatic rings. The second kappa shape index (κ2) is 8.39. The van der Waals surface area contributed by atoms with Gasteiger partial charge in [-0.2, -0.15) is 5.10 Å². The standard InChI is InChI=1S/C21H18BrClN4O2/c22-16-5-1-3-14(9-16)12-24-19(28)13-26-20-11-18(15-4-2-6-17(23)10-15)25-27(20)8-7-21(26)29/h1-6,9-11H,7-8,12-13H2,(H,24,28). The smallest absolute Gasteiger partial charge is 0.240 e. The maximum atomic E-state index is 12.5. The van der Waals surface area contributed by atoms with Gasteiger partial charge in [-0.3, -0.25) is 14.5 Å². The summed E-state index contributed by atoms with van der Waals surface area (Å²) in [5, 5.41) is 8.07. The summed E-state index contributed by atoms with van der Waals surface area (Å²) in [5.74, 6) is 0.304. The highest BCUT2D eigenvalue weighted by molar-refractivity contribution is 9.10. The molecule has 1 aliphatic heterocycles. The highest BCUT2D eigenvalue weighted by Gasteiger charge is 2.28. The number of rotatable bonds is 5. The van der Waals surface area contributed by atoms with E-state index in [4.69, 9.17) is 11.6 Å². The van der Waals surface area contributed by atoms with Crippen LogP contribution in [0.5, 0.6) is 0 Å². The quantitative estimate of drug-likeness (QED) is 0.609. The largest absolute Gasteiger partial charge is 0.350 e. The topological polar surface area (TPSA) is 67.2 Å². The molecule has 1 aromatic heterocycles. The van der Waals surface area contributed by atoms with Gasteiger partial charge in [-0.1, -0.05) is 51.8 Å². The molecule has 1 N–H and O–H groups in total. The molecule has 0 saturated carbocycles. The maximum absolute atomic E-state index is 12.5. The molecule has 29 heavy (non-hydrogen) atoms. The first kappa shape index (κ1) is 19.7. The zero-order chi connectivity index (χ0) is 20.4. The molecule has 0 spiro atoms. The number of halogens is 2. The fraction of sp³-hybridized carbons (Fsp3) is 0.190. The van der Waals surface area contributed by atoms with E-state index < -0.39 is 0 Å². The van der Waals surface area contributed by atoms with E-state index in [0.29, 0.717) is 30.4 Å². The Bertz CT molecular complexity index is 1080. The van der Waals surface area contributed by atoms with Crippen LogP contribution in [0, 0.1) is 0 Å². The molecule has 2 heterocycles. The molecule has 0 bridgehead atoms. The van der Waals surface area contributed by atoms with E-state index in [1.807, 2.05) is 48.5 Å². The van der Waals surface area contributed by atoms with E-state index in [9.17, 15) is 9.59 Å². The molecular formula is C21H18BrClN4O2. The number of carbonyl (C=O) groups excluding carboxylic acids is 2. The van der Waals surface area contributed by atoms with Crippen molar-refractivity contribution in [3.8, 4) is 11.3 Å². The molecule has 0 aliphatic carbocycles. The normalized spacial score (nSPS) is 13.3. The molecule has 8 heteroatoms. The van der Waals surface area contributed by atoms with Crippen molar-refractivity contribution in [3.63, 3.8) is 0 Å². The van der Waals surface area contributed by atoms with Crippen molar-refractivity contribution in [1.82, 2.24) is 15.1 Å². The molecule has 2 amide bonds. The fourth-order valence-electron chi connectivity index (χ4n) is 3.26. The van der Waals surface area contributed by atoms with Crippen LogP contribution in [0.25, 0.3) is 11.3 Å². The van der Waals surface area contributed by atoms with E-state index >= 15 is 0 Å². The fourth-order valence-corrected chi connectivity index (χ4v) is 3.90. The summed E-state index contributed by atoms with van der Waals surface area (Å²) in [4.78, 5) is 26.5. The van der Waals surface area contributed by atoms with E-state index in [2.05, 4.69) is 26.3 Å². The van der Waals surface area contributed by atoms with E-state index in [1.165, 1.54) is 4.90 Å². The SMILES string of the molecule is O=C(CN1C(=O)CCn2nc(-c3cccc(Cl)c3)cc21)NCc1cccc(Br)c1. The van der Waals surface area contributed by atoms with E-state index in [-0.39, 0.29) is 18.4 Å². The van der Waals surface area contributed by atoms with Gasteiger partial charge in [0, 0.05) is 34.1 Å². The van der Waals surface area contributed by atoms with Crippen LogP contribution in [-0.4, -0.2) is 28.1 Å². The Morgan fingerprint density at radius 2 is 2.00 bits per heavy atom. The summed E-state index contributed by atoms with van der Waals surface area (Å²) in [7, 11) is 0. The number of anilines is 1. The van der Waals surface area contributed by atoms with Crippen molar-refractivity contribution in [2.24, 2.45) is 0 Å². The second-order valence-electron chi connectivity index (χ2n) is 6.76. The molecule has 6 nitrogen and oxygen atoms in total. The summed E-state index contributed by atoms with van der Waals surface area (Å²) >= 11 is 9.50. The first-order valence-electron chi connectivity index (χ1n) is 9.15. The molecule has 2 aromatic carbocycles. The molecule has 0 saturated heterocycles. The Balaban J connectivity index is 1.49. The third-order valence-corrected chi connectivity index (χ3v) is 5.40. The van der Waals surface area contributed by atoms with Gasteiger partial charge < -0.3 is 5.32 Å². The number of benzene rings is 2. The molecule has 1 aliphatic rings. The lowest BCUT2D eigenvalue weighted by Gasteiger charge is -2.26. The van der Waals surface area contributed by atoms with Crippen LogP contribution in [0.15, 0.2) is 59.1 Å². The third kappa shape index (κ3) is 4.52. The van der Waals surface area contributed by atoms with Crippen molar-refractivity contribution in [2.75, 3.05) is 11.4 Å². The Morgan fingerprint density at radius 1 is 1.17 bits per heavy atom. The van der Waals surface area contributed by atoms with Gasteiger partial charge >= 0.3 is 0 Å².